The fourth-order valence-corrected chi connectivity index (χ4v) is 3.53. The highest BCUT2D eigenvalue weighted by Crippen LogP contribution is 2.31. The van der Waals surface area contributed by atoms with E-state index in [9.17, 15) is 4.79 Å². The summed E-state index contributed by atoms with van der Waals surface area (Å²) >= 11 is 0. The summed E-state index contributed by atoms with van der Waals surface area (Å²) in [5.41, 5.74) is 4.48. The van der Waals surface area contributed by atoms with Crippen LogP contribution in [0.4, 0.5) is 0 Å². The van der Waals surface area contributed by atoms with Crippen molar-refractivity contribution in [1.29, 1.82) is 0 Å². The molecule has 1 aromatic carbocycles. The van der Waals surface area contributed by atoms with Crippen molar-refractivity contribution in [3.63, 3.8) is 0 Å². The lowest BCUT2D eigenvalue weighted by molar-refractivity contribution is -0.120. The van der Waals surface area contributed by atoms with Crippen LogP contribution in [0.15, 0.2) is 24.3 Å². The first-order valence-electron chi connectivity index (χ1n) is 7.70. The lowest BCUT2D eigenvalue weighted by Gasteiger charge is -2.38. The third kappa shape index (κ3) is 3.26. The summed E-state index contributed by atoms with van der Waals surface area (Å²) in [6.07, 6.45) is 4.39. The van der Waals surface area contributed by atoms with Crippen LogP contribution in [0.25, 0.3) is 0 Å². The first-order chi connectivity index (χ1) is 10.3. The van der Waals surface area contributed by atoms with Crippen LogP contribution < -0.4 is 11.3 Å². The van der Waals surface area contributed by atoms with Gasteiger partial charge in [0, 0.05) is 19.1 Å². The minimum atomic E-state index is -0.150. The van der Waals surface area contributed by atoms with Gasteiger partial charge in [0.25, 0.3) is 0 Å². The van der Waals surface area contributed by atoms with Crippen molar-refractivity contribution in [2.24, 2.45) is 5.84 Å². The van der Waals surface area contributed by atoms with Crippen molar-refractivity contribution in [2.45, 2.75) is 44.4 Å². The molecule has 1 saturated carbocycles. The molecule has 3 N–H and O–H groups in total. The van der Waals surface area contributed by atoms with Crippen molar-refractivity contribution in [3.05, 3.63) is 35.4 Å². The topological polar surface area (TPSA) is 67.6 Å². The number of nitrogens with two attached hydrogens (primary N) is 1. The molecule has 5 nitrogen and oxygen atoms in total. The first kappa shape index (κ1) is 14.5. The summed E-state index contributed by atoms with van der Waals surface area (Å²) in [7, 11) is 0. The molecule has 0 bridgehead atoms. The maximum atomic E-state index is 11.5. The van der Waals surface area contributed by atoms with Crippen LogP contribution in [-0.4, -0.2) is 36.1 Å². The normalized spacial score (nSPS) is 25.6. The zero-order valence-electron chi connectivity index (χ0n) is 12.3. The van der Waals surface area contributed by atoms with E-state index < -0.39 is 0 Å². The van der Waals surface area contributed by atoms with Crippen LogP contribution in [0.5, 0.6) is 0 Å². The molecule has 1 aromatic rings. The summed E-state index contributed by atoms with van der Waals surface area (Å²) in [5, 5.41) is 0. The van der Waals surface area contributed by atoms with Crippen LogP contribution in [-0.2, 0) is 22.5 Å². The molecular formula is C16H23N3O2. The molecule has 0 aromatic heterocycles. The third-order valence-corrected chi connectivity index (χ3v) is 4.60. The van der Waals surface area contributed by atoms with Crippen molar-refractivity contribution in [3.8, 4) is 0 Å². The molecule has 2 aliphatic rings. The molecule has 3 rings (SSSR count). The Morgan fingerprint density at radius 3 is 2.95 bits per heavy atom. The van der Waals surface area contributed by atoms with Gasteiger partial charge in [-0.15, -0.1) is 0 Å². The van der Waals surface area contributed by atoms with Crippen molar-refractivity contribution < 1.29 is 9.53 Å². The fraction of sp³-hybridized carbons (Fsp3) is 0.562. The predicted octanol–water partition coefficient (Wildman–Crippen LogP) is 0.972. The lowest BCUT2D eigenvalue weighted by Crippen LogP contribution is -2.48. The second-order valence-corrected chi connectivity index (χ2v) is 5.89. The van der Waals surface area contributed by atoms with Gasteiger partial charge in [-0.1, -0.05) is 24.3 Å². The maximum Gasteiger partial charge on any atom is 0.238 e. The predicted molar refractivity (Wildman–Crippen MR) is 80.3 cm³/mol. The second-order valence-electron chi connectivity index (χ2n) is 5.89. The average molecular weight is 289 g/mol. The highest BCUT2D eigenvalue weighted by Gasteiger charge is 2.35. The summed E-state index contributed by atoms with van der Waals surface area (Å²) in [4.78, 5) is 14.1. The van der Waals surface area contributed by atoms with Crippen LogP contribution >= 0.6 is 0 Å². The zero-order valence-corrected chi connectivity index (χ0v) is 12.3. The molecule has 114 valence electrons. The van der Waals surface area contributed by atoms with Gasteiger partial charge in [0.1, 0.15) is 0 Å². The Hall–Kier alpha value is -1.43. The number of rotatable bonds is 4. The van der Waals surface area contributed by atoms with Crippen LogP contribution in [0.3, 0.4) is 0 Å². The van der Waals surface area contributed by atoms with Gasteiger partial charge in [0.05, 0.1) is 19.1 Å². The first-order valence-corrected chi connectivity index (χ1v) is 7.70. The van der Waals surface area contributed by atoms with Crippen molar-refractivity contribution >= 4 is 5.91 Å². The van der Waals surface area contributed by atoms with Crippen molar-refractivity contribution in [1.82, 2.24) is 10.3 Å². The van der Waals surface area contributed by atoms with Crippen LogP contribution in [0, 0.1) is 0 Å². The standard InChI is InChI=1S/C16H23N3O2/c17-18-16(20)10-12-4-1-2-5-13(12)11-19-8-9-21-15-7-3-6-14(15)19/h1-2,4-5,14-15H,3,6-11,17H2,(H,18,20). The molecular weight excluding hydrogens is 266 g/mol. The molecule has 2 atom stereocenters. The molecule has 1 saturated heterocycles. The van der Waals surface area contributed by atoms with E-state index in [1.807, 2.05) is 18.2 Å². The SMILES string of the molecule is NNC(=O)Cc1ccccc1CN1CCOC2CCCC21. The largest absolute Gasteiger partial charge is 0.375 e. The Bertz CT molecular complexity index is 506. The molecule has 0 spiro atoms. The Morgan fingerprint density at radius 2 is 2.14 bits per heavy atom. The van der Waals surface area contributed by atoms with E-state index >= 15 is 0 Å². The summed E-state index contributed by atoms with van der Waals surface area (Å²) in [6, 6.07) is 8.66. The van der Waals surface area contributed by atoms with E-state index in [-0.39, 0.29) is 5.91 Å². The van der Waals surface area contributed by atoms with Gasteiger partial charge in [0.2, 0.25) is 5.91 Å². The Morgan fingerprint density at radius 1 is 1.33 bits per heavy atom. The zero-order chi connectivity index (χ0) is 14.7. The fourth-order valence-electron chi connectivity index (χ4n) is 3.53. The highest BCUT2D eigenvalue weighted by atomic mass is 16.5. The number of hydrazine groups is 1. The number of benzene rings is 1. The molecule has 1 aliphatic carbocycles. The number of morpholine rings is 1. The Labute approximate surface area is 125 Å². The number of carbonyl (C=O) groups excluding carboxylic acids is 1. The van der Waals surface area contributed by atoms with E-state index in [0.717, 1.165) is 25.3 Å². The van der Waals surface area contributed by atoms with E-state index in [2.05, 4.69) is 16.4 Å². The summed E-state index contributed by atoms with van der Waals surface area (Å²) < 4.78 is 5.86. The smallest absolute Gasteiger partial charge is 0.238 e. The number of fused-ring (bicyclic) bond motifs is 1. The second kappa shape index (κ2) is 6.56. The van der Waals surface area contributed by atoms with Gasteiger partial charge >= 0.3 is 0 Å². The van der Waals surface area contributed by atoms with Gasteiger partial charge < -0.3 is 4.74 Å². The molecule has 1 amide bonds. The monoisotopic (exact) mass is 289 g/mol. The molecule has 1 heterocycles. The minimum Gasteiger partial charge on any atom is -0.375 e. The van der Waals surface area contributed by atoms with E-state index in [0.29, 0.717) is 18.6 Å². The van der Waals surface area contributed by atoms with E-state index in [4.69, 9.17) is 10.6 Å². The number of nitrogens with one attached hydrogen (secondary N) is 1. The van der Waals surface area contributed by atoms with Crippen LogP contribution in [0.2, 0.25) is 0 Å². The third-order valence-electron chi connectivity index (χ3n) is 4.60. The molecule has 2 unspecified atom stereocenters. The Kier molecular flexibility index (Phi) is 4.53. The number of amides is 1. The number of nitrogens with zero attached hydrogens (tertiary/aromatic N) is 1. The maximum absolute atomic E-state index is 11.5. The number of ether oxygens (including phenoxy) is 1. The number of hydrogen-bond donors (Lipinski definition) is 2. The molecule has 21 heavy (non-hydrogen) atoms. The van der Waals surface area contributed by atoms with Gasteiger partial charge in [-0.3, -0.25) is 15.1 Å². The van der Waals surface area contributed by atoms with E-state index in [1.165, 1.54) is 24.8 Å². The van der Waals surface area contributed by atoms with Crippen LogP contribution in [0.1, 0.15) is 30.4 Å². The molecule has 0 radical (unpaired) electrons. The molecule has 1 aliphatic heterocycles. The summed E-state index contributed by atoms with van der Waals surface area (Å²) in [5.74, 6) is 5.05. The minimum absolute atomic E-state index is 0.150. The van der Waals surface area contributed by atoms with E-state index in [1.54, 1.807) is 0 Å². The number of hydrogen-bond acceptors (Lipinski definition) is 4. The van der Waals surface area contributed by atoms with Gasteiger partial charge in [0.15, 0.2) is 0 Å². The Balaban J connectivity index is 1.73. The highest BCUT2D eigenvalue weighted by molar-refractivity contribution is 5.78. The lowest BCUT2D eigenvalue weighted by atomic mass is 10.0. The average Bonchev–Trinajstić information content (AvgIpc) is 2.98. The van der Waals surface area contributed by atoms with Crippen molar-refractivity contribution in [2.75, 3.05) is 13.2 Å². The van der Waals surface area contributed by atoms with Gasteiger partial charge in [-0.05, 0) is 30.4 Å². The van der Waals surface area contributed by atoms with Gasteiger partial charge in [-0.2, -0.15) is 0 Å². The molecule has 2 fully saturated rings. The van der Waals surface area contributed by atoms with Gasteiger partial charge in [-0.25, -0.2) is 5.84 Å². The number of carbonyl (C=O) groups is 1. The quantitative estimate of drug-likeness (QED) is 0.492. The summed E-state index contributed by atoms with van der Waals surface area (Å²) in [6.45, 7) is 2.67. The molecule has 5 heteroatoms.